The minimum Gasteiger partial charge on any atom is -0.315 e. The Morgan fingerprint density at radius 1 is 1.45 bits per heavy atom. The van der Waals surface area contributed by atoms with Crippen molar-refractivity contribution in [2.24, 2.45) is 5.92 Å². The highest BCUT2D eigenvalue weighted by Crippen LogP contribution is 2.28. The molecule has 0 saturated carbocycles. The molecule has 0 amide bonds. The number of rotatable bonds is 4. The van der Waals surface area contributed by atoms with Gasteiger partial charge in [-0.1, -0.05) is 22.9 Å². The van der Waals surface area contributed by atoms with Crippen molar-refractivity contribution in [1.82, 2.24) is 10.0 Å². The van der Waals surface area contributed by atoms with Crippen molar-refractivity contribution in [3.63, 3.8) is 0 Å². The Morgan fingerprint density at radius 3 is 2.73 bits per heavy atom. The maximum absolute atomic E-state index is 12.4. The Balaban J connectivity index is 0.00000242. The molecule has 0 aromatic heterocycles. The van der Waals surface area contributed by atoms with E-state index in [9.17, 15) is 18.5 Å². The molecule has 1 saturated heterocycles. The molecule has 2 atom stereocenters. The number of halogens is 2. The highest BCUT2D eigenvalue weighted by Gasteiger charge is 2.31. The van der Waals surface area contributed by atoms with Crippen LogP contribution in [0.15, 0.2) is 27.6 Å². The number of sulfonamides is 1. The molecule has 0 aliphatic carbocycles. The van der Waals surface area contributed by atoms with E-state index in [0.29, 0.717) is 11.0 Å². The Morgan fingerprint density at radius 2 is 2.14 bits per heavy atom. The summed E-state index contributed by atoms with van der Waals surface area (Å²) in [4.78, 5) is 10.1. The standard InChI is InChI=1S/C12H16BrN3O4S.ClH/c1-8-4-5-14-7-10(8)15-21(19,20)12-3-2-9(13)6-11(12)16(17)18;/h2-3,6,8,10,14-15H,4-5,7H2,1H3;1H. The van der Waals surface area contributed by atoms with Crippen LogP contribution in [-0.2, 0) is 10.0 Å². The third-order valence-corrected chi connectivity index (χ3v) is 5.57. The van der Waals surface area contributed by atoms with E-state index in [0.717, 1.165) is 13.0 Å². The molecule has 1 aromatic carbocycles. The van der Waals surface area contributed by atoms with Crippen molar-refractivity contribution in [1.29, 1.82) is 0 Å². The Labute approximate surface area is 143 Å². The zero-order chi connectivity index (χ0) is 15.6. The number of hydrogen-bond donors (Lipinski definition) is 2. The number of nitrogens with one attached hydrogen (secondary N) is 2. The second-order valence-corrected chi connectivity index (χ2v) is 7.67. The molecule has 1 fully saturated rings. The molecular formula is C12H17BrClN3O4S. The Bertz CT molecular complexity index is 656. The van der Waals surface area contributed by atoms with Crippen molar-refractivity contribution in [3.8, 4) is 0 Å². The molecule has 1 aromatic rings. The van der Waals surface area contributed by atoms with Crippen LogP contribution in [0.3, 0.4) is 0 Å². The third kappa shape index (κ3) is 4.39. The van der Waals surface area contributed by atoms with E-state index in [-0.39, 0.29) is 29.3 Å². The maximum Gasteiger partial charge on any atom is 0.290 e. The van der Waals surface area contributed by atoms with Crippen LogP contribution < -0.4 is 10.0 Å². The molecular weight excluding hydrogens is 398 g/mol. The van der Waals surface area contributed by atoms with Crippen LogP contribution in [-0.4, -0.2) is 32.5 Å². The second kappa shape index (κ2) is 7.69. The average molecular weight is 415 g/mol. The van der Waals surface area contributed by atoms with E-state index >= 15 is 0 Å². The number of benzene rings is 1. The molecule has 1 heterocycles. The molecule has 0 spiro atoms. The predicted molar refractivity (Wildman–Crippen MR) is 88.8 cm³/mol. The van der Waals surface area contributed by atoms with Gasteiger partial charge in [-0.15, -0.1) is 12.4 Å². The van der Waals surface area contributed by atoms with Crippen molar-refractivity contribution in [2.45, 2.75) is 24.3 Å². The fourth-order valence-corrected chi connectivity index (χ4v) is 4.12. The van der Waals surface area contributed by atoms with Crippen LogP contribution in [0.4, 0.5) is 5.69 Å². The van der Waals surface area contributed by atoms with E-state index < -0.39 is 20.6 Å². The summed E-state index contributed by atoms with van der Waals surface area (Å²) in [5.41, 5.74) is -0.437. The molecule has 2 unspecified atom stereocenters. The average Bonchev–Trinajstić information content (AvgIpc) is 2.40. The van der Waals surface area contributed by atoms with Crippen molar-refractivity contribution in [2.75, 3.05) is 13.1 Å². The van der Waals surface area contributed by atoms with Crippen LogP contribution in [0, 0.1) is 16.0 Å². The third-order valence-electron chi connectivity index (χ3n) is 3.54. The van der Waals surface area contributed by atoms with Gasteiger partial charge in [0, 0.05) is 23.1 Å². The normalized spacial score (nSPS) is 21.9. The van der Waals surface area contributed by atoms with Crippen LogP contribution in [0.1, 0.15) is 13.3 Å². The van der Waals surface area contributed by atoms with Gasteiger partial charge in [-0.3, -0.25) is 10.1 Å². The van der Waals surface area contributed by atoms with Crippen molar-refractivity contribution < 1.29 is 13.3 Å². The van der Waals surface area contributed by atoms with E-state index in [2.05, 4.69) is 26.0 Å². The number of nitro groups is 1. The minimum absolute atomic E-state index is 0. The van der Waals surface area contributed by atoms with Crippen LogP contribution in [0.25, 0.3) is 0 Å². The first-order chi connectivity index (χ1) is 9.81. The molecule has 0 radical (unpaired) electrons. The van der Waals surface area contributed by atoms with Gasteiger partial charge in [0.05, 0.1) is 4.92 Å². The Kier molecular flexibility index (Phi) is 6.75. The number of piperidine rings is 1. The van der Waals surface area contributed by atoms with Gasteiger partial charge in [0.1, 0.15) is 0 Å². The Hall–Kier alpha value is -0.740. The van der Waals surface area contributed by atoms with Crippen molar-refractivity contribution >= 4 is 44.0 Å². The van der Waals surface area contributed by atoms with E-state index in [1.807, 2.05) is 6.92 Å². The van der Waals surface area contributed by atoms with Gasteiger partial charge in [0.2, 0.25) is 10.0 Å². The summed E-state index contributed by atoms with van der Waals surface area (Å²) in [6.45, 7) is 3.33. The monoisotopic (exact) mass is 413 g/mol. The summed E-state index contributed by atoms with van der Waals surface area (Å²) in [5, 5.41) is 14.2. The van der Waals surface area contributed by atoms with Gasteiger partial charge in [0.15, 0.2) is 4.90 Å². The molecule has 22 heavy (non-hydrogen) atoms. The SMILES string of the molecule is CC1CCNCC1NS(=O)(=O)c1ccc(Br)cc1[N+](=O)[O-].Cl. The van der Waals surface area contributed by atoms with Crippen molar-refractivity contribution in [3.05, 3.63) is 32.8 Å². The van der Waals surface area contributed by atoms with E-state index in [1.54, 1.807) is 0 Å². The van der Waals surface area contributed by atoms with Crippen LogP contribution >= 0.6 is 28.3 Å². The quantitative estimate of drug-likeness (QED) is 0.580. The largest absolute Gasteiger partial charge is 0.315 e. The second-order valence-electron chi connectivity index (χ2n) is 5.07. The molecule has 2 rings (SSSR count). The molecule has 7 nitrogen and oxygen atoms in total. The van der Waals surface area contributed by atoms with Crippen LogP contribution in [0.5, 0.6) is 0 Å². The fourth-order valence-electron chi connectivity index (χ4n) is 2.27. The maximum atomic E-state index is 12.4. The van der Waals surface area contributed by atoms with Gasteiger partial charge in [-0.05, 0) is 31.0 Å². The molecule has 124 valence electrons. The molecule has 1 aliphatic heterocycles. The first-order valence-corrected chi connectivity index (χ1v) is 8.76. The summed E-state index contributed by atoms with van der Waals surface area (Å²) < 4.78 is 27.9. The van der Waals surface area contributed by atoms with Crippen LogP contribution in [0.2, 0.25) is 0 Å². The molecule has 0 bridgehead atoms. The van der Waals surface area contributed by atoms with Gasteiger partial charge < -0.3 is 5.32 Å². The number of hydrogen-bond acceptors (Lipinski definition) is 5. The zero-order valence-electron chi connectivity index (χ0n) is 11.8. The zero-order valence-corrected chi connectivity index (χ0v) is 15.0. The van der Waals surface area contributed by atoms with Gasteiger partial charge in [-0.2, -0.15) is 0 Å². The number of nitro benzene ring substituents is 1. The lowest BCUT2D eigenvalue weighted by atomic mass is 9.96. The lowest BCUT2D eigenvalue weighted by Gasteiger charge is -2.29. The van der Waals surface area contributed by atoms with E-state index in [1.165, 1.54) is 18.2 Å². The molecule has 1 aliphatic rings. The summed E-state index contributed by atoms with van der Waals surface area (Å²) in [7, 11) is -3.94. The highest BCUT2D eigenvalue weighted by atomic mass is 79.9. The van der Waals surface area contributed by atoms with Gasteiger partial charge in [-0.25, -0.2) is 13.1 Å². The highest BCUT2D eigenvalue weighted by molar-refractivity contribution is 9.10. The smallest absolute Gasteiger partial charge is 0.290 e. The summed E-state index contributed by atoms with van der Waals surface area (Å²) in [5.74, 6) is 0.176. The summed E-state index contributed by atoms with van der Waals surface area (Å²) in [6, 6.07) is 3.64. The first-order valence-electron chi connectivity index (χ1n) is 6.48. The first kappa shape index (κ1) is 19.3. The topological polar surface area (TPSA) is 101 Å². The lowest BCUT2D eigenvalue weighted by Crippen LogP contribution is -2.50. The minimum atomic E-state index is -3.94. The predicted octanol–water partition coefficient (Wildman–Crippen LogP) is 2.06. The molecule has 10 heteroatoms. The van der Waals surface area contributed by atoms with Gasteiger partial charge >= 0.3 is 0 Å². The summed E-state index contributed by atoms with van der Waals surface area (Å²) >= 11 is 3.11. The lowest BCUT2D eigenvalue weighted by molar-refractivity contribution is -0.387. The van der Waals surface area contributed by atoms with E-state index in [4.69, 9.17) is 0 Å². The fraction of sp³-hybridized carbons (Fsp3) is 0.500. The summed E-state index contributed by atoms with van der Waals surface area (Å²) in [6.07, 6.45) is 0.857. The number of nitrogens with zero attached hydrogens (tertiary/aromatic N) is 1. The molecule has 2 N–H and O–H groups in total. The van der Waals surface area contributed by atoms with Gasteiger partial charge in [0.25, 0.3) is 5.69 Å².